The molecule has 1 aromatic carbocycles. The van der Waals surface area contributed by atoms with E-state index in [1.807, 2.05) is 25.1 Å². The molecule has 2 heterocycles. The largest absolute Gasteiger partial charge is 0.484 e. The molecule has 0 N–H and O–H groups in total. The van der Waals surface area contributed by atoms with E-state index in [2.05, 4.69) is 33.9 Å². The van der Waals surface area contributed by atoms with Crippen LogP contribution in [0.2, 0.25) is 0 Å². The van der Waals surface area contributed by atoms with E-state index in [0.29, 0.717) is 33.5 Å². The first-order chi connectivity index (χ1) is 17.0. The Morgan fingerprint density at radius 2 is 2.11 bits per heavy atom. The Bertz CT molecular complexity index is 1210. The number of allylic oxidation sites excluding steroid dienone is 2. The van der Waals surface area contributed by atoms with Crippen LogP contribution in [0.1, 0.15) is 56.6 Å². The molecule has 3 unspecified atom stereocenters. The maximum Gasteiger partial charge on any atom is 0.228 e. The van der Waals surface area contributed by atoms with Gasteiger partial charge in [-0.3, -0.25) is 14.8 Å². The summed E-state index contributed by atoms with van der Waals surface area (Å²) in [6.07, 6.45) is 6.51. The highest BCUT2D eigenvalue weighted by Gasteiger charge is 2.41. The Hall–Kier alpha value is -3.05. The monoisotopic (exact) mass is 539 g/mol. The second-order valence-corrected chi connectivity index (χ2v) is 9.77. The average Bonchev–Trinajstić information content (AvgIpc) is 2.83. The van der Waals surface area contributed by atoms with Gasteiger partial charge in [0.15, 0.2) is 17.3 Å². The summed E-state index contributed by atoms with van der Waals surface area (Å²) in [7, 11) is 0. The van der Waals surface area contributed by atoms with Crippen molar-refractivity contribution in [3.05, 3.63) is 63.5 Å². The van der Waals surface area contributed by atoms with Crippen molar-refractivity contribution in [2.75, 3.05) is 6.86 Å². The Labute approximate surface area is 213 Å². The fourth-order valence-electron chi connectivity index (χ4n) is 4.99. The lowest BCUT2D eigenvalue weighted by molar-refractivity contribution is -0.117. The van der Waals surface area contributed by atoms with Gasteiger partial charge in [-0.15, -0.1) is 0 Å². The second kappa shape index (κ2) is 11.1. The van der Waals surface area contributed by atoms with Crippen LogP contribution in [-0.2, 0) is 11.4 Å². The highest BCUT2D eigenvalue weighted by Crippen LogP contribution is 2.48. The quantitative estimate of drug-likeness (QED) is 0.384. The fraction of sp³-hybridized carbons (Fsp3) is 0.407. The van der Waals surface area contributed by atoms with Gasteiger partial charge in [0, 0.05) is 47.3 Å². The van der Waals surface area contributed by atoms with Gasteiger partial charge in [0.2, 0.25) is 6.86 Å². The minimum absolute atomic E-state index is 0.0344. The number of pyridine rings is 1. The predicted molar refractivity (Wildman–Crippen MR) is 134 cm³/mol. The molecule has 4 rings (SSSR count). The van der Waals surface area contributed by atoms with Crippen molar-refractivity contribution in [2.24, 2.45) is 16.8 Å². The molecule has 3 atom stereocenters. The van der Waals surface area contributed by atoms with Crippen LogP contribution in [0.4, 0.5) is 4.39 Å². The van der Waals surface area contributed by atoms with Crippen LogP contribution in [0.3, 0.4) is 0 Å². The molecule has 2 aromatic rings. The van der Waals surface area contributed by atoms with Crippen LogP contribution in [0, 0.1) is 23.2 Å². The predicted octanol–water partition coefficient (Wildman–Crippen LogP) is 6.46. The molecule has 1 aliphatic carbocycles. The molecule has 35 heavy (non-hydrogen) atoms. The van der Waals surface area contributed by atoms with Crippen molar-refractivity contribution in [3.8, 4) is 17.6 Å². The number of Topliss-reactive ketones (excluding diaryl/α,β-unsaturated/α-hetero) is 1. The standard InChI is InChI=1S/C27H27BrFN3O3/c1-3-5-17-8-22-26(23(33)9-17)25(20(12-30)16(2)32-22)19-10-21(28)27(24(11-19)35-15-29)34-14-18-6-4-7-31-13-18/h4,6-7,10-11,13,17,20,25H,3,5,8-9,14-15H2,1-2H3. The SMILES string of the molecule is CCCC1CC(=O)C2=C(C1)N=C(C)C(C#N)C2c1cc(Br)c(OCc2cccnc2)c(OCF)c1. The summed E-state index contributed by atoms with van der Waals surface area (Å²) < 4.78 is 25.1. The number of benzene rings is 1. The van der Waals surface area contributed by atoms with Gasteiger partial charge in [0.1, 0.15) is 6.61 Å². The Balaban J connectivity index is 1.74. The molecule has 0 amide bonds. The zero-order valence-electron chi connectivity index (χ0n) is 19.8. The number of aliphatic imine (C=N–C) groups is 1. The van der Waals surface area contributed by atoms with Crippen molar-refractivity contribution < 1.29 is 18.7 Å². The van der Waals surface area contributed by atoms with Crippen LogP contribution in [0.5, 0.6) is 11.5 Å². The first-order valence-electron chi connectivity index (χ1n) is 11.7. The van der Waals surface area contributed by atoms with Gasteiger partial charge in [0.05, 0.1) is 16.5 Å². The molecule has 2 aliphatic rings. The minimum Gasteiger partial charge on any atom is -0.484 e. The molecule has 0 spiro atoms. The van der Waals surface area contributed by atoms with Crippen molar-refractivity contribution in [2.45, 2.75) is 52.1 Å². The molecule has 0 saturated carbocycles. The molecule has 8 heteroatoms. The van der Waals surface area contributed by atoms with Gasteiger partial charge in [-0.25, -0.2) is 4.39 Å². The molecule has 0 fully saturated rings. The second-order valence-electron chi connectivity index (χ2n) is 8.92. The van der Waals surface area contributed by atoms with Crippen molar-refractivity contribution in [3.63, 3.8) is 0 Å². The summed E-state index contributed by atoms with van der Waals surface area (Å²) in [6, 6.07) is 9.52. The van der Waals surface area contributed by atoms with Gasteiger partial charge in [0.25, 0.3) is 0 Å². The highest BCUT2D eigenvalue weighted by molar-refractivity contribution is 9.10. The van der Waals surface area contributed by atoms with Gasteiger partial charge in [-0.05, 0) is 65.4 Å². The smallest absolute Gasteiger partial charge is 0.228 e. The van der Waals surface area contributed by atoms with Gasteiger partial charge in [-0.2, -0.15) is 5.26 Å². The van der Waals surface area contributed by atoms with E-state index in [9.17, 15) is 14.4 Å². The van der Waals surface area contributed by atoms with E-state index in [1.54, 1.807) is 18.5 Å². The normalized spacial score (nSPS) is 21.7. The maximum atomic E-state index is 13.3. The number of aromatic nitrogens is 1. The number of rotatable bonds is 8. The van der Waals surface area contributed by atoms with E-state index in [4.69, 9.17) is 14.5 Å². The van der Waals surface area contributed by atoms with Gasteiger partial charge in [-0.1, -0.05) is 19.4 Å². The maximum absolute atomic E-state index is 13.3. The van der Waals surface area contributed by atoms with Crippen molar-refractivity contribution in [1.29, 1.82) is 5.26 Å². The van der Waals surface area contributed by atoms with E-state index in [1.165, 1.54) is 0 Å². The lowest BCUT2D eigenvalue weighted by atomic mass is 9.70. The number of nitrogens with zero attached hydrogens (tertiary/aromatic N) is 3. The number of alkyl halides is 1. The van der Waals surface area contributed by atoms with Crippen LogP contribution in [0.25, 0.3) is 0 Å². The van der Waals surface area contributed by atoms with Crippen LogP contribution in [-0.4, -0.2) is 23.3 Å². The third-order valence-electron chi connectivity index (χ3n) is 6.52. The fourth-order valence-corrected chi connectivity index (χ4v) is 5.56. The topological polar surface area (TPSA) is 84.6 Å². The third-order valence-corrected chi connectivity index (χ3v) is 7.11. The molecule has 0 bridgehead atoms. The first kappa shape index (κ1) is 25.1. The summed E-state index contributed by atoms with van der Waals surface area (Å²) in [5, 5.41) is 10.0. The minimum atomic E-state index is -1.04. The number of ketones is 1. The van der Waals surface area contributed by atoms with Crippen LogP contribution < -0.4 is 9.47 Å². The summed E-state index contributed by atoms with van der Waals surface area (Å²) in [4.78, 5) is 22.1. The summed E-state index contributed by atoms with van der Waals surface area (Å²) >= 11 is 3.54. The molecule has 6 nitrogen and oxygen atoms in total. The third kappa shape index (κ3) is 5.30. The number of nitriles is 1. The van der Waals surface area contributed by atoms with Crippen LogP contribution >= 0.6 is 15.9 Å². The molecular weight excluding hydrogens is 513 g/mol. The van der Waals surface area contributed by atoms with Gasteiger partial charge < -0.3 is 9.47 Å². The van der Waals surface area contributed by atoms with E-state index >= 15 is 0 Å². The molecule has 0 radical (unpaired) electrons. The summed E-state index contributed by atoms with van der Waals surface area (Å²) in [5.41, 5.74) is 3.58. The molecule has 1 aliphatic heterocycles. The highest BCUT2D eigenvalue weighted by atomic mass is 79.9. The van der Waals surface area contributed by atoms with Crippen LogP contribution in [0.15, 0.2) is 57.4 Å². The van der Waals surface area contributed by atoms with E-state index in [-0.39, 0.29) is 24.1 Å². The number of carbonyl (C=O) groups excluding carboxylic acids is 1. The molecule has 182 valence electrons. The Morgan fingerprint density at radius 3 is 2.80 bits per heavy atom. The Morgan fingerprint density at radius 1 is 1.29 bits per heavy atom. The number of carbonyl (C=O) groups is 1. The molecular formula is C27H27BrFN3O3. The zero-order chi connectivity index (χ0) is 24.9. The van der Waals surface area contributed by atoms with Crippen molar-refractivity contribution in [1.82, 2.24) is 4.98 Å². The number of hydrogen-bond acceptors (Lipinski definition) is 6. The number of halogens is 2. The summed E-state index contributed by atoms with van der Waals surface area (Å²) in [5.74, 6) is -0.264. The molecule has 1 aromatic heterocycles. The zero-order valence-corrected chi connectivity index (χ0v) is 21.3. The van der Waals surface area contributed by atoms with E-state index < -0.39 is 18.7 Å². The summed E-state index contributed by atoms with van der Waals surface area (Å²) in [6.45, 7) is 3.12. The number of hydrogen-bond donors (Lipinski definition) is 0. The van der Waals surface area contributed by atoms with Gasteiger partial charge >= 0.3 is 0 Å². The lowest BCUT2D eigenvalue weighted by Gasteiger charge is -2.35. The average molecular weight is 540 g/mol. The van der Waals surface area contributed by atoms with Crippen molar-refractivity contribution >= 4 is 27.4 Å². The molecule has 0 saturated heterocycles. The first-order valence-corrected chi connectivity index (χ1v) is 12.5. The number of ether oxygens (including phenoxy) is 2. The van der Waals surface area contributed by atoms with E-state index in [0.717, 1.165) is 30.5 Å². The lowest BCUT2D eigenvalue weighted by Crippen LogP contribution is -2.32. The Kier molecular flexibility index (Phi) is 7.97.